The van der Waals surface area contributed by atoms with Crippen molar-refractivity contribution in [1.29, 1.82) is 0 Å². The number of aryl methyl sites for hydroxylation is 2. The highest BCUT2D eigenvalue weighted by molar-refractivity contribution is 7.22. The van der Waals surface area contributed by atoms with E-state index in [0.717, 1.165) is 37.4 Å². The Labute approximate surface area is 191 Å². The molecule has 5 aromatic rings. The Morgan fingerprint density at radius 1 is 0.938 bits per heavy atom. The molecule has 158 valence electrons. The van der Waals surface area contributed by atoms with E-state index in [0.29, 0.717) is 13.0 Å². The van der Waals surface area contributed by atoms with Crippen LogP contribution in [0.3, 0.4) is 0 Å². The molecule has 0 atom stereocenters. The number of carbonyl (C=O) groups is 1. The second-order valence-corrected chi connectivity index (χ2v) is 9.06. The quantitative estimate of drug-likeness (QED) is 0.327. The van der Waals surface area contributed by atoms with Crippen molar-refractivity contribution in [3.05, 3.63) is 101 Å². The normalized spacial score (nSPS) is 11.2. The lowest BCUT2D eigenvalue weighted by atomic mass is 10.0. The summed E-state index contributed by atoms with van der Waals surface area (Å²) in [6, 6.07) is 22.5. The monoisotopic (exact) mass is 437 g/mol. The highest BCUT2D eigenvalue weighted by Gasteiger charge is 2.21. The molecule has 0 aliphatic carbocycles. The molecule has 0 unspecified atom stereocenters. The van der Waals surface area contributed by atoms with Gasteiger partial charge in [0.05, 0.1) is 23.2 Å². The van der Waals surface area contributed by atoms with Crippen molar-refractivity contribution in [2.75, 3.05) is 4.90 Å². The number of hydrogen-bond donors (Lipinski definition) is 0. The number of benzene rings is 3. The Morgan fingerprint density at radius 2 is 1.78 bits per heavy atom. The number of carbonyl (C=O) groups excluding carboxylic acids is 1. The van der Waals surface area contributed by atoms with Crippen molar-refractivity contribution >= 4 is 43.4 Å². The maximum absolute atomic E-state index is 13.6. The molecule has 0 fully saturated rings. The van der Waals surface area contributed by atoms with Gasteiger partial charge in [-0.1, -0.05) is 65.9 Å². The average Bonchev–Trinajstić information content (AvgIpc) is 3.25. The second-order valence-electron chi connectivity index (χ2n) is 8.05. The molecule has 0 saturated heterocycles. The Bertz CT molecular complexity index is 1430. The van der Waals surface area contributed by atoms with E-state index in [2.05, 4.69) is 55.2 Å². The Balaban J connectivity index is 1.51. The summed E-state index contributed by atoms with van der Waals surface area (Å²) < 4.78 is 1.10. The fourth-order valence-corrected chi connectivity index (χ4v) is 4.93. The molecule has 0 saturated carbocycles. The van der Waals surface area contributed by atoms with Gasteiger partial charge in [-0.25, -0.2) is 4.98 Å². The van der Waals surface area contributed by atoms with Crippen LogP contribution < -0.4 is 4.90 Å². The third kappa shape index (κ3) is 3.99. The molecule has 0 aliphatic heterocycles. The van der Waals surface area contributed by atoms with Gasteiger partial charge in [0.1, 0.15) is 0 Å². The molecule has 3 aromatic carbocycles. The first-order valence-corrected chi connectivity index (χ1v) is 11.4. The number of aromatic nitrogens is 2. The van der Waals surface area contributed by atoms with Crippen LogP contribution in [0, 0.1) is 13.8 Å². The fourth-order valence-electron chi connectivity index (χ4n) is 3.89. The molecule has 2 heterocycles. The molecule has 32 heavy (non-hydrogen) atoms. The summed E-state index contributed by atoms with van der Waals surface area (Å²) in [4.78, 5) is 24.5. The van der Waals surface area contributed by atoms with Gasteiger partial charge in [0.15, 0.2) is 5.13 Å². The molecule has 2 aromatic heterocycles. The number of amides is 1. The molecule has 0 radical (unpaired) electrons. The number of hydrogen-bond acceptors (Lipinski definition) is 4. The molecule has 1 amide bonds. The number of thiazole rings is 1. The molecule has 4 nitrogen and oxygen atoms in total. The van der Waals surface area contributed by atoms with Crippen molar-refractivity contribution in [1.82, 2.24) is 9.97 Å². The van der Waals surface area contributed by atoms with Crippen molar-refractivity contribution in [3.8, 4) is 0 Å². The van der Waals surface area contributed by atoms with Crippen LogP contribution >= 0.6 is 11.3 Å². The Morgan fingerprint density at radius 3 is 2.59 bits per heavy atom. The third-order valence-corrected chi connectivity index (χ3v) is 6.88. The molecular weight excluding hydrogens is 414 g/mol. The molecule has 5 rings (SSSR count). The van der Waals surface area contributed by atoms with Crippen LogP contribution in [0.2, 0.25) is 0 Å². The summed E-state index contributed by atoms with van der Waals surface area (Å²) in [6.07, 6.45) is 3.87. The van der Waals surface area contributed by atoms with Crippen molar-refractivity contribution < 1.29 is 4.79 Å². The van der Waals surface area contributed by atoms with E-state index >= 15 is 0 Å². The largest absolute Gasteiger partial charge is 0.283 e. The van der Waals surface area contributed by atoms with Crippen LogP contribution in [0.4, 0.5) is 5.13 Å². The van der Waals surface area contributed by atoms with Gasteiger partial charge >= 0.3 is 0 Å². The number of fused-ring (bicyclic) bond motifs is 2. The fraction of sp³-hybridized carbons (Fsp3) is 0.148. The lowest BCUT2D eigenvalue weighted by Gasteiger charge is -2.20. The summed E-state index contributed by atoms with van der Waals surface area (Å²) in [5.41, 5.74) is 5.31. The van der Waals surface area contributed by atoms with Crippen LogP contribution in [0.25, 0.3) is 21.0 Å². The standard InChI is InChI=1S/C27H23N3OS/c1-18-9-12-24-26(19(18)2)29-27(32-24)30(17-21-6-5-13-28-16-21)25(31)15-20-10-11-22-7-3-4-8-23(22)14-20/h3-14,16H,15,17H2,1-2H3. The molecule has 0 spiro atoms. The highest BCUT2D eigenvalue weighted by atomic mass is 32.1. The van der Waals surface area contributed by atoms with Crippen molar-refractivity contribution in [2.45, 2.75) is 26.8 Å². The second kappa shape index (κ2) is 8.52. The topological polar surface area (TPSA) is 46.1 Å². The summed E-state index contributed by atoms with van der Waals surface area (Å²) in [5.74, 6) is 0.0255. The SMILES string of the molecule is Cc1ccc2sc(N(Cc3cccnc3)C(=O)Cc3ccc4ccccc4c3)nc2c1C. The van der Waals surface area contributed by atoms with Crippen molar-refractivity contribution in [2.24, 2.45) is 0 Å². The first-order chi connectivity index (χ1) is 15.6. The minimum absolute atomic E-state index is 0.0255. The van der Waals surface area contributed by atoms with Gasteiger partial charge in [0, 0.05) is 12.4 Å². The van der Waals surface area contributed by atoms with Gasteiger partial charge in [-0.3, -0.25) is 14.7 Å². The molecule has 5 heteroatoms. The van der Waals surface area contributed by atoms with Gasteiger partial charge in [0.2, 0.25) is 5.91 Å². The molecule has 0 aliphatic rings. The Kier molecular flexibility index (Phi) is 5.41. The Hall–Kier alpha value is -3.57. The smallest absolute Gasteiger partial charge is 0.233 e. The number of anilines is 1. The van der Waals surface area contributed by atoms with Crippen molar-refractivity contribution in [3.63, 3.8) is 0 Å². The lowest BCUT2D eigenvalue weighted by molar-refractivity contribution is -0.118. The first-order valence-electron chi connectivity index (χ1n) is 10.6. The van der Waals surface area contributed by atoms with Crippen LogP contribution in [-0.2, 0) is 17.8 Å². The van der Waals surface area contributed by atoms with Gasteiger partial charge in [-0.15, -0.1) is 0 Å². The number of rotatable bonds is 5. The maximum Gasteiger partial charge on any atom is 0.233 e. The molecular formula is C27H23N3OS. The molecule has 0 bridgehead atoms. The zero-order valence-corrected chi connectivity index (χ0v) is 18.9. The minimum Gasteiger partial charge on any atom is -0.283 e. The van der Waals surface area contributed by atoms with E-state index < -0.39 is 0 Å². The molecule has 0 N–H and O–H groups in total. The highest BCUT2D eigenvalue weighted by Crippen LogP contribution is 2.33. The minimum atomic E-state index is 0.0255. The van der Waals surface area contributed by atoms with E-state index in [1.54, 1.807) is 28.6 Å². The summed E-state index contributed by atoms with van der Waals surface area (Å²) in [5, 5.41) is 3.04. The summed E-state index contributed by atoms with van der Waals surface area (Å²) in [6.45, 7) is 4.62. The van der Waals surface area contributed by atoms with E-state index in [1.807, 2.05) is 30.3 Å². The zero-order chi connectivity index (χ0) is 22.1. The third-order valence-electron chi connectivity index (χ3n) is 5.84. The zero-order valence-electron chi connectivity index (χ0n) is 18.1. The summed E-state index contributed by atoms with van der Waals surface area (Å²) >= 11 is 1.56. The number of nitrogens with zero attached hydrogens (tertiary/aromatic N) is 3. The predicted octanol–water partition coefficient (Wildman–Crippen LogP) is 6.24. The van der Waals surface area contributed by atoms with Gasteiger partial charge in [-0.05, 0) is 59.0 Å². The van der Waals surface area contributed by atoms with E-state index in [4.69, 9.17) is 4.98 Å². The average molecular weight is 438 g/mol. The van der Waals surface area contributed by atoms with Gasteiger partial charge < -0.3 is 0 Å². The van der Waals surface area contributed by atoms with Gasteiger partial charge in [-0.2, -0.15) is 0 Å². The van der Waals surface area contributed by atoms with E-state index in [1.165, 1.54) is 10.9 Å². The van der Waals surface area contributed by atoms with Crippen LogP contribution in [0.1, 0.15) is 22.3 Å². The number of pyridine rings is 1. The predicted molar refractivity (Wildman–Crippen MR) is 132 cm³/mol. The van der Waals surface area contributed by atoms with E-state index in [-0.39, 0.29) is 5.91 Å². The van der Waals surface area contributed by atoms with Crippen LogP contribution in [0.15, 0.2) is 79.1 Å². The first kappa shape index (κ1) is 20.3. The van der Waals surface area contributed by atoms with Crippen LogP contribution in [-0.4, -0.2) is 15.9 Å². The van der Waals surface area contributed by atoms with Gasteiger partial charge in [0.25, 0.3) is 0 Å². The maximum atomic E-state index is 13.6. The lowest BCUT2D eigenvalue weighted by Crippen LogP contribution is -2.31. The summed E-state index contributed by atoms with van der Waals surface area (Å²) in [7, 11) is 0. The van der Waals surface area contributed by atoms with Crippen LogP contribution in [0.5, 0.6) is 0 Å². The van der Waals surface area contributed by atoms with E-state index in [9.17, 15) is 4.79 Å².